The Kier molecular flexibility index (Phi) is 6.25. The van der Waals surface area contributed by atoms with Gasteiger partial charge in [0, 0.05) is 31.5 Å². The summed E-state index contributed by atoms with van der Waals surface area (Å²) >= 11 is 0. The highest BCUT2D eigenvalue weighted by Crippen LogP contribution is 2.00. The van der Waals surface area contributed by atoms with Crippen molar-refractivity contribution in [3.63, 3.8) is 0 Å². The summed E-state index contributed by atoms with van der Waals surface area (Å²) in [6, 6.07) is 5.70. The molecule has 1 heterocycles. The molecule has 0 aliphatic carbocycles. The summed E-state index contributed by atoms with van der Waals surface area (Å²) < 4.78 is 0. The van der Waals surface area contributed by atoms with Crippen LogP contribution in [0.1, 0.15) is 25.5 Å². The Balaban J connectivity index is 2.17. The lowest BCUT2D eigenvalue weighted by molar-refractivity contribution is -0.121. The number of amides is 1. The zero-order valence-corrected chi connectivity index (χ0v) is 10.2. The number of pyridine rings is 1. The van der Waals surface area contributed by atoms with Gasteiger partial charge in [0.05, 0.1) is 0 Å². The largest absolute Gasteiger partial charge is 0.396 e. The van der Waals surface area contributed by atoms with Gasteiger partial charge in [-0.1, -0.05) is 13.0 Å². The maximum atomic E-state index is 11.5. The lowest BCUT2D eigenvalue weighted by Gasteiger charge is -2.10. The van der Waals surface area contributed by atoms with E-state index < -0.39 is 0 Å². The minimum atomic E-state index is 0.0421. The number of aryl methyl sites for hydroxylation is 1. The van der Waals surface area contributed by atoms with Crippen LogP contribution in [0.4, 0.5) is 0 Å². The van der Waals surface area contributed by atoms with Gasteiger partial charge < -0.3 is 10.4 Å². The van der Waals surface area contributed by atoms with Crippen LogP contribution < -0.4 is 5.32 Å². The normalized spacial score (nSPS) is 12.1. The summed E-state index contributed by atoms with van der Waals surface area (Å²) in [7, 11) is 0. The molecular weight excluding hydrogens is 216 g/mol. The molecule has 94 valence electrons. The average Bonchev–Trinajstić information content (AvgIpc) is 2.35. The van der Waals surface area contributed by atoms with E-state index in [0.29, 0.717) is 25.3 Å². The fourth-order valence-electron chi connectivity index (χ4n) is 1.49. The standard InChI is InChI=1S/C13H20N2O2/c1-11(7-9-16)10-15-13(17)6-5-12-4-2-3-8-14-12/h2-4,8,11,16H,5-7,9-10H2,1H3,(H,15,17). The molecule has 1 unspecified atom stereocenters. The molecule has 1 amide bonds. The Hall–Kier alpha value is -1.42. The van der Waals surface area contributed by atoms with Crippen LogP contribution in [-0.4, -0.2) is 29.1 Å². The van der Waals surface area contributed by atoms with Gasteiger partial charge in [-0.2, -0.15) is 0 Å². The number of hydrogen-bond donors (Lipinski definition) is 2. The van der Waals surface area contributed by atoms with E-state index in [-0.39, 0.29) is 12.5 Å². The summed E-state index contributed by atoms with van der Waals surface area (Å²) in [5.74, 6) is 0.360. The first-order chi connectivity index (χ1) is 8.22. The average molecular weight is 236 g/mol. The van der Waals surface area contributed by atoms with Crippen molar-refractivity contribution in [1.82, 2.24) is 10.3 Å². The van der Waals surface area contributed by atoms with Gasteiger partial charge in [0.1, 0.15) is 0 Å². The molecule has 0 bridgehead atoms. The molecule has 0 radical (unpaired) electrons. The summed E-state index contributed by atoms with van der Waals surface area (Å²) in [5.41, 5.74) is 0.936. The third-order valence-corrected chi connectivity index (χ3v) is 2.60. The Morgan fingerprint density at radius 1 is 1.53 bits per heavy atom. The minimum absolute atomic E-state index is 0.0421. The molecule has 0 aliphatic heterocycles. The van der Waals surface area contributed by atoms with Crippen molar-refractivity contribution in [3.8, 4) is 0 Å². The molecule has 4 nitrogen and oxygen atoms in total. The van der Waals surface area contributed by atoms with Gasteiger partial charge in [-0.3, -0.25) is 9.78 Å². The van der Waals surface area contributed by atoms with Gasteiger partial charge in [-0.25, -0.2) is 0 Å². The van der Waals surface area contributed by atoms with E-state index in [2.05, 4.69) is 10.3 Å². The Morgan fingerprint density at radius 3 is 3.00 bits per heavy atom. The first kappa shape index (κ1) is 13.6. The molecule has 0 spiro atoms. The molecule has 0 saturated carbocycles. The Labute approximate surface area is 102 Å². The number of hydrogen-bond acceptors (Lipinski definition) is 3. The van der Waals surface area contributed by atoms with E-state index in [1.165, 1.54) is 0 Å². The predicted molar refractivity (Wildman–Crippen MR) is 66.4 cm³/mol. The van der Waals surface area contributed by atoms with Crippen LogP contribution in [0.2, 0.25) is 0 Å². The molecule has 17 heavy (non-hydrogen) atoms. The Bertz CT molecular complexity index is 327. The van der Waals surface area contributed by atoms with Crippen LogP contribution in [0, 0.1) is 5.92 Å². The molecule has 0 aliphatic rings. The van der Waals surface area contributed by atoms with Crippen LogP contribution in [0.15, 0.2) is 24.4 Å². The number of carbonyl (C=O) groups is 1. The first-order valence-corrected chi connectivity index (χ1v) is 6.00. The van der Waals surface area contributed by atoms with Crippen LogP contribution >= 0.6 is 0 Å². The van der Waals surface area contributed by atoms with Crippen molar-refractivity contribution in [3.05, 3.63) is 30.1 Å². The zero-order valence-electron chi connectivity index (χ0n) is 10.2. The van der Waals surface area contributed by atoms with Crippen LogP contribution in [0.25, 0.3) is 0 Å². The van der Waals surface area contributed by atoms with E-state index >= 15 is 0 Å². The van der Waals surface area contributed by atoms with Gasteiger partial charge in [0.2, 0.25) is 5.91 Å². The third-order valence-electron chi connectivity index (χ3n) is 2.60. The lowest BCUT2D eigenvalue weighted by atomic mass is 10.1. The smallest absolute Gasteiger partial charge is 0.220 e. The Morgan fingerprint density at radius 2 is 2.35 bits per heavy atom. The number of nitrogens with one attached hydrogen (secondary N) is 1. The molecule has 0 aromatic carbocycles. The highest BCUT2D eigenvalue weighted by atomic mass is 16.3. The minimum Gasteiger partial charge on any atom is -0.396 e. The van der Waals surface area contributed by atoms with E-state index in [1.54, 1.807) is 6.20 Å². The number of aliphatic hydroxyl groups is 1. The number of rotatable bonds is 7. The van der Waals surface area contributed by atoms with Crippen molar-refractivity contribution in [1.29, 1.82) is 0 Å². The van der Waals surface area contributed by atoms with Gasteiger partial charge in [-0.05, 0) is 30.9 Å². The second-order valence-electron chi connectivity index (χ2n) is 4.24. The summed E-state index contributed by atoms with van der Waals surface area (Å²) in [4.78, 5) is 15.7. The number of aromatic nitrogens is 1. The predicted octanol–water partition coefficient (Wildman–Crippen LogP) is 1.15. The van der Waals surface area contributed by atoms with Crippen LogP contribution in [-0.2, 0) is 11.2 Å². The summed E-state index contributed by atoms with van der Waals surface area (Å²) in [6.45, 7) is 2.81. The van der Waals surface area contributed by atoms with Crippen molar-refractivity contribution >= 4 is 5.91 Å². The lowest BCUT2D eigenvalue weighted by Crippen LogP contribution is -2.28. The summed E-state index contributed by atoms with van der Waals surface area (Å²) in [5, 5.41) is 11.6. The number of carbonyl (C=O) groups excluding carboxylic acids is 1. The molecule has 1 aromatic heterocycles. The van der Waals surface area contributed by atoms with E-state index in [1.807, 2.05) is 25.1 Å². The maximum Gasteiger partial charge on any atom is 0.220 e. The number of aliphatic hydroxyl groups excluding tert-OH is 1. The van der Waals surface area contributed by atoms with Gasteiger partial charge >= 0.3 is 0 Å². The van der Waals surface area contributed by atoms with Crippen molar-refractivity contribution < 1.29 is 9.90 Å². The van der Waals surface area contributed by atoms with Gasteiger partial charge in [0.15, 0.2) is 0 Å². The third kappa shape index (κ3) is 6.02. The van der Waals surface area contributed by atoms with E-state index in [4.69, 9.17) is 5.11 Å². The zero-order chi connectivity index (χ0) is 12.5. The van der Waals surface area contributed by atoms with E-state index in [9.17, 15) is 4.79 Å². The second-order valence-corrected chi connectivity index (χ2v) is 4.24. The van der Waals surface area contributed by atoms with Crippen molar-refractivity contribution in [2.45, 2.75) is 26.2 Å². The first-order valence-electron chi connectivity index (χ1n) is 6.00. The molecule has 1 rings (SSSR count). The SMILES string of the molecule is CC(CCO)CNC(=O)CCc1ccccn1. The highest BCUT2D eigenvalue weighted by Gasteiger charge is 2.05. The molecule has 2 N–H and O–H groups in total. The van der Waals surface area contributed by atoms with Crippen molar-refractivity contribution in [2.75, 3.05) is 13.2 Å². The van der Waals surface area contributed by atoms with Crippen LogP contribution in [0.5, 0.6) is 0 Å². The number of nitrogens with zero attached hydrogens (tertiary/aromatic N) is 1. The van der Waals surface area contributed by atoms with Crippen LogP contribution in [0.3, 0.4) is 0 Å². The molecule has 1 atom stereocenters. The highest BCUT2D eigenvalue weighted by molar-refractivity contribution is 5.76. The molecular formula is C13H20N2O2. The maximum absolute atomic E-state index is 11.5. The summed E-state index contributed by atoms with van der Waals surface area (Å²) in [6.07, 6.45) is 3.58. The monoisotopic (exact) mass is 236 g/mol. The molecule has 0 saturated heterocycles. The molecule has 1 aromatic rings. The fraction of sp³-hybridized carbons (Fsp3) is 0.538. The van der Waals surface area contributed by atoms with E-state index in [0.717, 1.165) is 12.1 Å². The quantitative estimate of drug-likeness (QED) is 0.746. The van der Waals surface area contributed by atoms with Crippen molar-refractivity contribution in [2.24, 2.45) is 5.92 Å². The van der Waals surface area contributed by atoms with Gasteiger partial charge in [0.25, 0.3) is 0 Å². The fourth-order valence-corrected chi connectivity index (χ4v) is 1.49. The second kappa shape index (κ2) is 7.79. The van der Waals surface area contributed by atoms with Gasteiger partial charge in [-0.15, -0.1) is 0 Å². The molecule has 4 heteroatoms. The topological polar surface area (TPSA) is 62.2 Å². The molecule has 0 fully saturated rings.